The van der Waals surface area contributed by atoms with Crippen LogP contribution < -0.4 is 4.74 Å². The maximum absolute atomic E-state index is 12.2. The minimum atomic E-state index is -0.355. The Labute approximate surface area is 127 Å². The lowest BCUT2D eigenvalue weighted by Gasteiger charge is -2.05. The first-order chi connectivity index (χ1) is 10.8. The first kappa shape index (κ1) is 12.7. The summed E-state index contributed by atoms with van der Waals surface area (Å²) in [5, 5.41) is 2.17. The number of H-pyrrole nitrogens is 1. The molecule has 4 rings (SSSR count). The van der Waals surface area contributed by atoms with Crippen molar-refractivity contribution in [3.05, 3.63) is 78.4 Å². The number of fused-ring (bicyclic) bond motifs is 3. The van der Waals surface area contributed by atoms with Crippen molar-refractivity contribution in [3.8, 4) is 5.75 Å². The van der Waals surface area contributed by atoms with Crippen LogP contribution in [-0.4, -0.2) is 11.0 Å². The lowest BCUT2D eigenvalue weighted by Crippen LogP contribution is -2.08. The second-order valence-electron chi connectivity index (χ2n) is 5.10. The number of benzene rings is 3. The van der Waals surface area contributed by atoms with Gasteiger partial charge in [-0.15, -0.1) is 0 Å². The zero-order chi connectivity index (χ0) is 14.9. The highest BCUT2D eigenvalue weighted by Gasteiger charge is 2.13. The molecule has 0 bridgehead atoms. The normalized spacial score (nSPS) is 10.9. The molecule has 0 radical (unpaired) electrons. The average molecular weight is 287 g/mol. The summed E-state index contributed by atoms with van der Waals surface area (Å²) in [7, 11) is 0. The van der Waals surface area contributed by atoms with Crippen LogP contribution in [0, 0.1) is 0 Å². The molecule has 0 saturated carbocycles. The second-order valence-corrected chi connectivity index (χ2v) is 5.10. The summed E-state index contributed by atoms with van der Waals surface area (Å²) in [5.41, 5.74) is 2.41. The Morgan fingerprint density at radius 2 is 1.50 bits per heavy atom. The third kappa shape index (κ3) is 2.04. The Morgan fingerprint density at radius 3 is 2.36 bits per heavy atom. The van der Waals surface area contributed by atoms with Gasteiger partial charge in [-0.3, -0.25) is 0 Å². The van der Waals surface area contributed by atoms with Crippen LogP contribution in [0.2, 0.25) is 0 Å². The van der Waals surface area contributed by atoms with Crippen molar-refractivity contribution < 1.29 is 9.53 Å². The number of carbonyl (C=O) groups excluding carboxylic acids is 1. The number of hydrogen-bond donors (Lipinski definition) is 1. The van der Waals surface area contributed by atoms with Crippen molar-refractivity contribution in [2.45, 2.75) is 0 Å². The van der Waals surface area contributed by atoms with Crippen LogP contribution in [0.25, 0.3) is 21.8 Å². The fourth-order valence-electron chi connectivity index (χ4n) is 2.66. The topological polar surface area (TPSA) is 42.1 Å². The van der Waals surface area contributed by atoms with E-state index in [1.54, 1.807) is 18.2 Å². The fraction of sp³-hybridized carbons (Fsp3) is 0. The number of aromatic nitrogens is 1. The number of carbonyl (C=O) groups is 1. The van der Waals surface area contributed by atoms with Gasteiger partial charge in [-0.2, -0.15) is 0 Å². The van der Waals surface area contributed by atoms with E-state index < -0.39 is 0 Å². The second kappa shape index (κ2) is 5.04. The van der Waals surface area contributed by atoms with Crippen LogP contribution >= 0.6 is 0 Å². The number of para-hydroxylation sites is 2. The van der Waals surface area contributed by atoms with Crippen LogP contribution in [-0.2, 0) is 0 Å². The highest BCUT2D eigenvalue weighted by molar-refractivity contribution is 6.09. The molecule has 1 aromatic heterocycles. The molecule has 22 heavy (non-hydrogen) atoms. The highest BCUT2D eigenvalue weighted by Crippen LogP contribution is 2.31. The zero-order valence-electron chi connectivity index (χ0n) is 11.7. The van der Waals surface area contributed by atoms with E-state index >= 15 is 0 Å². The van der Waals surface area contributed by atoms with Crippen LogP contribution in [0.15, 0.2) is 72.8 Å². The molecule has 0 aliphatic rings. The standard InChI is InChI=1S/C19H13NO2/c21-19(13-7-2-1-3-8-13)22-17-12-6-10-15-14-9-4-5-11-16(14)20-18(15)17/h1-12,20H. The van der Waals surface area contributed by atoms with E-state index in [0.29, 0.717) is 11.3 Å². The van der Waals surface area contributed by atoms with E-state index in [4.69, 9.17) is 4.74 Å². The molecule has 4 aromatic rings. The van der Waals surface area contributed by atoms with Crippen molar-refractivity contribution in [2.24, 2.45) is 0 Å². The lowest BCUT2D eigenvalue weighted by molar-refractivity contribution is 0.0737. The van der Waals surface area contributed by atoms with Crippen molar-refractivity contribution >= 4 is 27.8 Å². The molecule has 3 nitrogen and oxygen atoms in total. The number of hydrogen-bond acceptors (Lipinski definition) is 2. The maximum atomic E-state index is 12.2. The zero-order valence-corrected chi connectivity index (χ0v) is 11.7. The smallest absolute Gasteiger partial charge is 0.343 e. The maximum Gasteiger partial charge on any atom is 0.343 e. The van der Waals surface area contributed by atoms with E-state index in [9.17, 15) is 4.79 Å². The number of ether oxygens (including phenoxy) is 1. The largest absolute Gasteiger partial charge is 0.421 e. The quantitative estimate of drug-likeness (QED) is 0.434. The van der Waals surface area contributed by atoms with Gasteiger partial charge in [0.2, 0.25) is 0 Å². The summed E-state index contributed by atoms with van der Waals surface area (Å²) in [5.74, 6) is 0.189. The summed E-state index contributed by atoms with van der Waals surface area (Å²) in [6.45, 7) is 0. The predicted octanol–water partition coefficient (Wildman–Crippen LogP) is 4.54. The molecule has 0 unspecified atom stereocenters. The Kier molecular flexibility index (Phi) is 2.90. The van der Waals surface area contributed by atoms with Crippen LogP contribution in [0.5, 0.6) is 5.75 Å². The molecular weight excluding hydrogens is 274 g/mol. The van der Waals surface area contributed by atoms with Gasteiger partial charge in [-0.1, -0.05) is 48.5 Å². The molecule has 0 aliphatic heterocycles. The number of aromatic amines is 1. The Bertz CT molecular complexity index is 970. The predicted molar refractivity (Wildman–Crippen MR) is 87.2 cm³/mol. The van der Waals surface area contributed by atoms with Crippen molar-refractivity contribution in [3.63, 3.8) is 0 Å². The molecule has 106 valence electrons. The minimum absolute atomic E-state index is 0.355. The Balaban J connectivity index is 1.80. The Hall–Kier alpha value is -3.07. The SMILES string of the molecule is O=C(Oc1cccc2c1[nH]c1ccccc12)c1ccccc1. The van der Waals surface area contributed by atoms with Crippen molar-refractivity contribution in [1.29, 1.82) is 0 Å². The van der Waals surface area contributed by atoms with Gasteiger partial charge in [0.25, 0.3) is 0 Å². The fourth-order valence-corrected chi connectivity index (χ4v) is 2.66. The molecule has 3 heteroatoms. The van der Waals surface area contributed by atoms with Gasteiger partial charge < -0.3 is 9.72 Å². The monoisotopic (exact) mass is 287 g/mol. The van der Waals surface area contributed by atoms with E-state index in [0.717, 1.165) is 21.8 Å². The van der Waals surface area contributed by atoms with Crippen molar-refractivity contribution in [1.82, 2.24) is 4.98 Å². The molecule has 0 saturated heterocycles. The van der Waals surface area contributed by atoms with Gasteiger partial charge in [0.1, 0.15) is 0 Å². The third-order valence-electron chi connectivity index (χ3n) is 3.72. The summed E-state index contributed by atoms with van der Waals surface area (Å²) < 4.78 is 5.57. The summed E-state index contributed by atoms with van der Waals surface area (Å²) in [6.07, 6.45) is 0. The van der Waals surface area contributed by atoms with Gasteiger partial charge >= 0.3 is 5.97 Å². The summed E-state index contributed by atoms with van der Waals surface area (Å²) >= 11 is 0. The van der Waals surface area contributed by atoms with E-state index in [2.05, 4.69) is 11.1 Å². The summed E-state index contributed by atoms with van der Waals surface area (Å²) in [4.78, 5) is 15.6. The van der Waals surface area contributed by atoms with Gasteiger partial charge in [0, 0.05) is 16.3 Å². The molecule has 3 aromatic carbocycles. The molecule has 1 N–H and O–H groups in total. The van der Waals surface area contributed by atoms with Crippen LogP contribution in [0.3, 0.4) is 0 Å². The van der Waals surface area contributed by atoms with Gasteiger partial charge in [0.15, 0.2) is 5.75 Å². The van der Waals surface area contributed by atoms with Crippen molar-refractivity contribution in [2.75, 3.05) is 0 Å². The minimum Gasteiger partial charge on any atom is -0.421 e. The molecule has 0 aliphatic carbocycles. The van der Waals surface area contributed by atoms with Gasteiger partial charge in [-0.05, 0) is 24.3 Å². The first-order valence-electron chi connectivity index (χ1n) is 7.09. The Morgan fingerprint density at radius 1 is 0.773 bits per heavy atom. The van der Waals surface area contributed by atoms with E-state index in [-0.39, 0.29) is 5.97 Å². The molecule has 0 fully saturated rings. The van der Waals surface area contributed by atoms with Gasteiger partial charge in [0.05, 0.1) is 11.1 Å². The van der Waals surface area contributed by atoms with Gasteiger partial charge in [-0.25, -0.2) is 4.79 Å². The summed E-state index contributed by atoms with van der Waals surface area (Å²) in [6, 6.07) is 22.8. The molecule has 1 heterocycles. The van der Waals surface area contributed by atoms with E-state index in [1.807, 2.05) is 48.5 Å². The molecule has 0 atom stereocenters. The van der Waals surface area contributed by atoms with E-state index in [1.165, 1.54) is 0 Å². The van der Waals surface area contributed by atoms with Crippen LogP contribution in [0.1, 0.15) is 10.4 Å². The third-order valence-corrected chi connectivity index (χ3v) is 3.72. The first-order valence-corrected chi connectivity index (χ1v) is 7.09. The number of nitrogens with one attached hydrogen (secondary N) is 1. The lowest BCUT2D eigenvalue weighted by atomic mass is 10.1. The highest BCUT2D eigenvalue weighted by atomic mass is 16.5. The molecule has 0 amide bonds. The van der Waals surface area contributed by atoms with Crippen LogP contribution in [0.4, 0.5) is 0 Å². The molecule has 0 spiro atoms. The molecular formula is C19H13NO2. The number of esters is 1. The number of rotatable bonds is 2. The average Bonchev–Trinajstić information content (AvgIpc) is 2.95.